The van der Waals surface area contributed by atoms with Crippen LogP contribution in [0.15, 0.2) is 97.2 Å². The Hall–Kier alpha value is -4.45. The van der Waals surface area contributed by atoms with E-state index in [0.717, 1.165) is 64.1 Å². The van der Waals surface area contributed by atoms with E-state index in [0.29, 0.717) is 0 Å². The van der Waals surface area contributed by atoms with Gasteiger partial charge in [0, 0.05) is 17.3 Å². The topological polar surface area (TPSA) is 55.6 Å². The van der Waals surface area contributed by atoms with Gasteiger partial charge in [-0.25, -0.2) is 14.2 Å². The maximum absolute atomic E-state index is 13.5. The fourth-order valence-corrected chi connectivity index (χ4v) is 5.40. The first-order valence-electron chi connectivity index (χ1n) is 13.7. The molecule has 6 heteroatoms. The van der Waals surface area contributed by atoms with Gasteiger partial charge in [0.05, 0.1) is 16.9 Å². The molecule has 0 atom stereocenters. The van der Waals surface area contributed by atoms with Gasteiger partial charge in [0.1, 0.15) is 17.1 Å². The molecule has 0 bridgehead atoms. The second-order valence-electron chi connectivity index (χ2n) is 11.5. The third-order valence-corrected chi connectivity index (χ3v) is 7.51. The molecule has 1 saturated carbocycles. The highest BCUT2D eigenvalue weighted by Crippen LogP contribution is 2.42. The molecule has 1 aliphatic rings. The van der Waals surface area contributed by atoms with E-state index in [1.165, 1.54) is 12.1 Å². The summed E-state index contributed by atoms with van der Waals surface area (Å²) in [7, 11) is 0. The van der Waals surface area contributed by atoms with Crippen LogP contribution in [0.5, 0.6) is 0 Å². The molecule has 0 spiro atoms. The molecule has 202 valence electrons. The van der Waals surface area contributed by atoms with Crippen LogP contribution < -0.4 is 5.32 Å². The molecule has 5 nitrogen and oxygen atoms in total. The number of alkyl carbamates (subject to hydrolysis) is 1. The Balaban J connectivity index is 1.39. The maximum atomic E-state index is 13.5. The SMILES string of the molecule is CC(C)(C)OC(=O)NC1(c2ccc(-c3nc4cc(-c5ccc(F)cc5)ccn4c3-c3ccccc3)cc2)CCC1. The van der Waals surface area contributed by atoms with E-state index in [1.807, 2.05) is 57.3 Å². The molecular weight excluding hydrogens is 501 g/mol. The monoisotopic (exact) mass is 533 g/mol. The average Bonchev–Trinajstić information content (AvgIpc) is 3.30. The number of carbonyl (C=O) groups is 1. The number of hydrogen-bond donors (Lipinski definition) is 1. The first-order valence-corrected chi connectivity index (χ1v) is 13.7. The van der Waals surface area contributed by atoms with E-state index in [9.17, 15) is 9.18 Å². The minimum Gasteiger partial charge on any atom is -0.444 e. The van der Waals surface area contributed by atoms with Crippen molar-refractivity contribution in [2.75, 3.05) is 0 Å². The summed E-state index contributed by atoms with van der Waals surface area (Å²) in [5.74, 6) is -0.257. The van der Waals surface area contributed by atoms with Crippen LogP contribution in [-0.4, -0.2) is 21.1 Å². The van der Waals surface area contributed by atoms with Crippen molar-refractivity contribution in [1.29, 1.82) is 0 Å². The largest absolute Gasteiger partial charge is 0.444 e. The van der Waals surface area contributed by atoms with Gasteiger partial charge in [0.15, 0.2) is 0 Å². The summed E-state index contributed by atoms with van der Waals surface area (Å²) in [6.07, 6.45) is 4.44. The molecule has 0 saturated heterocycles. The fourth-order valence-electron chi connectivity index (χ4n) is 5.40. The van der Waals surface area contributed by atoms with Crippen LogP contribution >= 0.6 is 0 Å². The zero-order valence-corrected chi connectivity index (χ0v) is 22.9. The fraction of sp³-hybridized carbons (Fsp3) is 0.235. The number of aromatic nitrogens is 2. The van der Waals surface area contributed by atoms with Crippen LogP contribution in [0, 0.1) is 5.82 Å². The van der Waals surface area contributed by atoms with Crippen molar-refractivity contribution in [2.24, 2.45) is 0 Å². The predicted octanol–water partition coefficient (Wildman–Crippen LogP) is 8.38. The highest BCUT2D eigenvalue weighted by atomic mass is 19.1. The van der Waals surface area contributed by atoms with Crippen molar-refractivity contribution in [3.8, 4) is 33.6 Å². The van der Waals surface area contributed by atoms with Crippen LogP contribution in [-0.2, 0) is 10.3 Å². The Bertz CT molecular complexity index is 1660. The Kier molecular flexibility index (Phi) is 6.41. The second kappa shape index (κ2) is 9.94. The molecule has 0 radical (unpaired) electrons. The molecule has 1 fully saturated rings. The Morgan fingerprint density at radius 3 is 2.17 bits per heavy atom. The summed E-state index contributed by atoms with van der Waals surface area (Å²) in [5.41, 5.74) is 6.74. The van der Waals surface area contributed by atoms with Crippen LogP contribution in [0.3, 0.4) is 0 Å². The summed E-state index contributed by atoms with van der Waals surface area (Å²) in [4.78, 5) is 17.7. The first kappa shape index (κ1) is 25.8. The van der Waals surface area contributed by atoms with Crippen molar-refractivity contribution < 1.29 is 13.9 Å². The molecule has 0 aliphatic heterocycles. The van der Waals surface area contributed by atoms with Crippen molar-refractivity contribution in [3.63, 3.8) is 0 Å². The van der Waals surface area contributed by atoms with Crippen LogP contribution in [0.4, 0.5) is 9.18 Å². The number of imidazole rings is 1. The lowest BCUT2D eigenvalue weighted by Crippen LogP contribution is -2.52. The number of pyridine rings is 1. The first-order chi connectivity index (χ1) is 19.2. The zero-order valence-electron chi connectivity index (χ0n) is 22.9. The van der Waals surface area contributed by atoms with Gasteiger partial charge in [-0.1, -0.05) is 66.7 Å². The van der Waals surface area contributed by atoms with Gasteiger partial charge in [-0.15, -0.1) is 0 Å². The Morgan fingerprint density at radius 1 is 0.875 bits per heavy atom. The van der Waals surface area contributed by atoms with Gasteiger partial charge in [-0.05, 0) is 81.0 Å². The van der Waals surface area contributed by atoms with Gasteiger partial charge in [-0.3, -0.25) is 4.40 Å². The number of nitrogens with zero attached hydrogens (tertiary/aromatic N) is 2. The maximum Gasteiger partial charge on any atom is 0.408 e. The molecule has 2 aromatic heterocycles. The Morgan fingerprint density at radius 2 is 1.55 bits per heavy atom. The van der Waals surface area contributed by atoms with Crippen molar-refractivity contribution in [3.05, 3.63) is 109 Å². The summed E-state index contributed by atoms with van der Waals surface area (Å²) in [5, 5.41) is 3.14. The molecule has 5 aromatic rings. The smallest absolute Gasteiger partial charge is 0.408 e. The molecule has 6 rings (SSSR count). The lowest BCUT2D eigenvalue weighted by atomic mass is 9.71. The normalized spacial score (nSPS) is 14.5. The summed E-state index contributed by atoms with van der Waals surface area (Å²) >= 11 is 0. The van der Waals surface area contributed by atoms with E-state index in [1.54, 1.807) is 12.1 Å². The van der Waals surface area contributed by atoms with Gasteiger partial charge >= 0.3 is 6.09 Å². The van der Waals surface area contributed by atoms with Crippen molar-refractivity contribution in [2.45, 2.75) is 51.2 Å². The third-order valence-electron chi connectivity index (χ3n) is 7.51. The van der Waals surface area contributed by atoms with E-state index in [-0.39, 0.29) is 11.9 Å². The molecule has 3 aromatic carbocycles. The second-order valence-corrected chi connectivity index (χ2v) is 11.5. The standard InChI is InChI=1S/C34H32FN3O2/c1-33(2,3)40-32(39)37-34(19-7-20-34)27-14-10-24(11-15-27)30-31(25-8-5-4-6-9-25)38-21-18-26(22-29(38)36-30)23-12-16-28(35)17-13-23/h4-6,8-18,21-22H,7,19-20H2,1-3H3,(H,37,39). The highest BCUT2D eigenvalue weighted by molar-refractivity contribution is 5.83. The highest BCUT2D eigenvalue weighted by Gasteiger charge is 2.41. The Labute approximate surface area is 233 Å². The number of amides is 1. The van der Waals surface area contributed by atoms with Gasteiger partial charge in [0.2, 0.25) is 0 Å². The van der Waals surface area contributed by atoms with Gasteiger partial charge < -0.3 is 10.1 Å². The molecule has 0 unspecified atom stereocenters. The zero-order chi connectivity index (χ0) is 27.9. The quantitative estimate of drug-likeness (QED) is 0.247. The molecule has 40 heavy (non-hydrogen) atoms. The third kappa shape index (κ3) is 4.97. The van der Waals surface area contributed by atoms with Crippen LogP contribution in [0.1, 0.15) is 45.6 Å². The minimum absolute atomic E-state index is 0.257. The van der Waals surface area contributed by atoms with E-state index in [2.05, 4.69) is 46.1 Å². The minimum atomic E-state index is -0.549. The number of ether oxygens (including phenoxy) is 1. The number of carbonyl (C=O) groups excluding carboxylic acids is 1. The summed E-state index contributed by atoms with van der Waals surface area (Å²) in [6, 6.07) is 29.2. The number of nitrogens with one attached hydrogen (secondary N) is 1. The predicted molar refractivity (Wildman–Crippen MR) is 156 cm³/mol. The van der Waals surface area contributed by atoms with Gasteiger partial charge in [-0.2, -0.15) is 0 Å². The van der Waals surface area contributed by atoms with E-state index in [4.69, 9.17) is 9.72 Å². The number of fused-ring (bicyclic) bond motifs is 1. The van der Waals surface area contributed by atoms with Gasteiger partial charge in [0.25, 0.3) is 0 Å². The van der Waals surface area contributed by atoms with E-state index >= 15 is 0 Å². The van der Waals surface area contributed by atoms with Crippen molar-refractivity contribution in [1.82, 2.24) is 14.7 Å². The number of benzene rings is 3. The molecule has 1 N–H and O–H groups in total. The van der Waals surface area contributed by atoms with Crippen molar-refractivity contribution >= 4 is 11.7 Å². The number of rotatable bonds is 5. The van der Waals surface area contributed by atoms with E-state index < -0.39 is 11.1 Å². The average molecular weight is 534 g/mol. The molecule has 1 aliphatic carbocycles. The summed E-state index contributed by atoms with van der Waals surface area (Å²) in [6.45, 7) is 5.61. The lowest BCUT2D eigenvalue weighted by Gasteiger charge is -2.43. The number of hydrogen-bond acceptors (Lipinski definition) is 3. The molecule has 1 amide bonds. The molecular formula is C34H32FN3O2. The van der Waals surface area contributed by atoms with Crippen LogP contribution in [0.2, 0.25) is 0 Å². The molecule has 2 heterocycles. The lowest BCUT2D eigenvalue weighted by molar-refractivity contribution is 0.0377. The number of halogens is 1. The summed E-state index contributed by atoms with van der Waals surface area (Å²) < 4.78 is 21.1. The van der Waals surface area contributed by atoms with Crippen LogP contribution in [0.25, 0.3) is 39.3 Å².